The Morgan fingerprint density at radius 2 is 1.29 bits per heavy atom. The van der Waals surface area contributed by atoms with E-state index in [0.717, 1.165) is 34.4 Å². The van der Waals surface area contributed by atoms with Crippen molar-refractivity contribution in [1.82, 2.24) is 35.2 Å². The van der Waals surface area contributed by atoms with Crippen molar-refractivity contribution in [3.8, 4) is 11.8 Å². The number of thiazole rings is 2. The Balaban J connectivity index is 1.08. The summed E-state index contributed by atoms with van der Waals surface area (Å²) in [7, 11) is 0. The number of carbonyl (C=O) groups excluding carboxylic acids is 2. The van der Waals surface area contributed by atoms with E-state index >= 15 is 0 Å². The van der Waals surface area contributed by atoms with Gasteiger partial charge >= 0.3 is 0 Å². The maximum Gasteiger partial charge on any atom is 0.238 e. The van der Waals surface area contributed by atoms with Crippen LogP contribution in [0.25, 0.3) is 20.7 Å². The van der Waals surface area contributed by atoms with E-state index in [1.165, 1.54) is 23.9 Å². The number of hydrogen-bond donors (Lipinski definition) is 4. The lowest BCUT2D eigenvalue weighted by Crippen LogP contribution is -2.35. The molecule has 0 fully saturated rings. The van der Waals surface area contributed by atoms with Crippen LogP contribution in [0.2, 0.25) is 0 Å². The Hall–Kier alpha value is -4.92. The van der Waals surface area contributed by atoms with Gasteiger partial charge in [-0.05, 0) is 23.3 Å². The Bertz CT molecular complexity index is 2210. The number of nitrogen functional groups attached to an aromatic ring is 2. The van der Waals surface area contributed by atoms with Gasteiger partial charge in [0.1, 0.15) is 33.7 Å². The highest BCUT2D eigenvalue weighted by atomic mass is 32.2. The first-order chi connectivity index (χ1) is 24.6. The van der Waals surface area contributed by atoms with Crippen LogP contribution in [-0.2, 0) is 21.1 Å². The highest BCUT2D eigenvalue weighted by Gasteiger charge is 2.23. The number of nitrogens with two attached hydrogens (primary N) is 3. The molecule has 4 aromatic heterocycles. The van der Waals surface area contributed by atoms with Gasteiger partial charge in [0.05, 0.1) is 19.4 Å². The van der Waals surface area contributed by atoms with Crippen LogP contribution >= 0.6 is 46.2 Å². The number of thioether (sulfide) groups is 2. The van der Waals surface area contributed by atoms with Crippen LogP contribution in [-0.4, -0.2) is 61.0 Å². The van der Waals surface area contributed by atoms with E-state index in [4.69, 9.17) is 26.7 Å². The van der Waals surface area contributed by atoms with E-state index in [0.29, 0.717) is 31.3 Å². The lowest BCUT2D eigenvalue weighted by atomic mass is 10.1. The molecular weight excluding hydrogens is 743 g/mol. The van der Waals surface area contributed by atoms with Crippen LogP contribution in [0.4, 0.5) is 19.0 Å². The van der Waals surface area contributed by atoms with E-state index in [1.807, 2.05) is 0 Å². The summed E-state index contributed by atoms with van der Waals surface area (Å²) in [6.07, 6.45) is -1.54. The molecule has 1 atom stereocenters. The summed E-state index contributed by atoms with van der Waals surface area (Å²) in [5.41, 5.74) is 18.9. The molecule has 2 aromatic carbocycles. The fourth-order valence-corrected chi connectivity index (χ4v) is 7.63. The molecular formula is C31H28F2N10O4S4. The first-order valence-electron chi connectivity index (χ1n) is 15.1. The van der Waals surface area contributed by atoms with Crippen LogP contribution in [0, 0.1) is 11.6 Å². The highest BCUT2D eigenvalue weighted by molar-refractivity contribution is 7.98. The number of nitrogens with one attached hydrogen (secondary N) is 1. The minimum atomic E-state index is -0.995. The van der Waals surface area contributed by atoms with Crippen molar-refractivity contribution >= 4 is 89.0 Å². The summed E-state index contributed by atoms with van der Waals surface area (Å²) in [4.78, 5) is 51.1. The topological polar surface area (TPSA) is 220 Å². The summed E-state index contributed by atoms with van der Waals surface area (Å²) in [5.74, 6) is -1.05. The lowest BCUT2D eigenvalue weighted by Gasteiger charge is -2.17. The quantitative estimate of drug-likeness (QED) is 0.0595. The second-order valence-electron chi connectivity index (χ2n) is 10.6. The maximum absolute atomic E-state index is 14.2. The van der Waals surface area contributed by atoms with Crippen molar-refractivity contribution in [2.24, 2.45) is 5.73 Å². The number of primary amides is 1. The summed E-state index contributed by atoms with van der Waals surface area (Å²) >= 11 is 4.60. The van der Waals surface area contributed by atoms with Crippen LogP contribution in [0.15, 0.2) is 58.8 Å². The zero-order chi connectivity index (χ0) is 35.9. The van der Waals surface area contributed by atoms with Gasteiger partial charge in [-0.2, -0.15) is 9.97 Å². The van der Waals surface area contributed by atoms with Crippen LogP contribution in [0.1, 0.15) is 24.0 Å². The minimum absolute atomic E-state index is 0.0175. The van der Waals surface area contributed by atoms with Gasteiger partial charge in [-0.1, -0.05) is 82.6 Å². The fraction of sp³-hybridized carbons (Fsp3) is 0.226. The molecule has 7 N–H and O–H groups in total. The third kappa shape index (κ3) is 9.45. The van der Waals surface area contributed by atoms with Crippen LogP contribution in [0.5, 0.6) is 11.8 Å². The molecule has 51 heavy (non-hydrogen) atoms. The molecule has 14 nitrogen and oxygen atoms in total. The van der Waals surface area contributed by atoms with Gasteiger partial charge in [-0.15, -0.1) is 0 Å². The third-order valence-electron chi connectivity index (χ3n) is 6.85. The number of aromatic nitrogens is 6. The SMILES string of the molecule is NC(=O)CC(CC(=O)NCCOc1nc(SCc2ccccc2F)nc2nc(N)sc12)Oc1nc(SCc2ccccc2F)nc2nc(N)sc12. The summed E-state index contributed by atoms with van der Waals surface area (Å²) in [6, 6.07) is 12.8. The van der Waals surface area contributed by atoms with Gasteiger partial charge in [0.2, 0.25) is 23.6 Å². The molecule has 2 amide bonds. The number of benzene rings is 2. The molecule has 0 aliphatic carbocycles. The average molecular weight is 771 g/mol. The molecule has 0 spiro atoms. The van der Waals surface area contributed by atoms with E-state index < -0.39 is 17.9 Å². The van der Waals surface area contributed by atoms with Crippen molar-refractivity contribution in [3.63, 3.8) is 0 Å². The maximum atomic E-state index is 14.2. The van der Waals surface area contributed by atoms with Crippen LogP contribution in [0.3, 0.4) is 0 Å². The molecule has 4 heterocycles. The molecule has 0 aliphatic heterocycles. The van der Waals surface area contributed by atoms with E-state index in [1.54, 1.807) is 36.4 Å². The summed E-state index contributed by atoms with van der Waals surface area (Å²) < 4.78 is 41.2. The standard InChI is InChI=1S/C31H28F2N10O4S4/c32-18-7-3-1-5-15(18)13-48-30-40-24-22(50-28(35)38-24)26(42-30)46-10-9-37-21(45)12-17(11-20(34)44)47-27-23-25(39-29(36)51-23)41-31(43-27)49-14-16-6-2-4-8-19(16)33/h1-8,17H,9-14H2,(H2,34,44)(H,37,45)(H2,35,38,40,42)(H2,36,39,41,43). The molecule has 264 valence electrons. The van der Waals surface area contributed by atoms with Crippen molar-refractivity contribution in [2.75, 3.05) is 24.6 Å². The van der Waals surface area contributed by atoms with E-state index in [2.05, 4.69) is 35.2 Å². The second kappa shape index (κ2) is 16.4. The van der Waals surface area contributed by atoms with Gasteiger partial charge in [-0.3, -0.25) is 9.59 Å². The zero-order valence-electron chi connectivity index (χ0n) is 26.4. The Morgan fingerprint density at radius 3 is 1.84 bits per heavy atom. The number of halogens is 2. The van der Waals surface area contributed by atoms with Crippen molar-refractivity contribution in [3.05, 3.63) is 71.3 Å². The smallest absolute Gasteiger partial charge is 0.238 e. The lowest BCUT2D eigenvalue weighted by molar-refractivity contribution is -0.124. The number of rotatable bonds is 16. The van der Waals surface area contributed by atoms with Gasteiger partial charge in [0, 0.05) is 11.5 Å². The number of fused-ring (bicyclic) bond motifs is 2. The Kier molecular flexibility index (Phi) is 11.5. The van der Waals surface area contributed by atoms with E-state index in [-0.39, 0.29) is 82.0 Å². The number of carbonyl (C=O) groups is 2. The fourth-order valence-electron chi connectivity index (χ4n) is 4.57. The van der Waals surface area contributed by atoms with Crippen molar-refractivity contribution in [1.29, 1.82) is 0 Å². The van der Waals surface area contributed by atoms with E-state index in [9.17, 15) is 18.4 Å². The van der Waals surface area contributed by atoms with Crippen molar-refractivity contribution < 1.29 is 27.8 Å². The zero-order valence-corrected chi connectivity index (χ0v) is 29.6. The first-order valence-corrected chi connectivity index (χ1v) is 18.7. The predicted molar refractivity (Wildman–Crippen MR) is 193 cm³/mol. The van der Waals surface area contributed by atoms with Gasteiger partial charge < -0.3 is 32.0 Å². The molecule has 0 aliphatic rings. The first kappa shape index (κ1) is 35.9. The van der Waals surface area contributed by atoms with Crippen LogP contribution < -0.4 is 32.0 Å². The summed E-state index contributed by atoms with van der Waals surface area (Å²) in [6.45, 7) is 0.0866. The number of anilines is 2. The largest absolute Gasteiger partial charge is 0.475 e. The molecule has 0 bridgehead atoms. The molecule has 1 unspecified atom stereocenters. The predicted octanol–water partition coefficient (Wildman–Crippen LogP) is 4.72. The minimum Gasteiger partial charge on any atom is -0.475 e. The molecule has 0 saturated heterocycles. The molecule has 0 radical (unpaired) electrons. The number of hydrogen-bond acceptors (Lipinski definition) is 16. The number of ether oxygens (including phenoxy) is 2. The highest BCUT2D eigenvalue weighted by Crippen LogP contribution is 2.35. The number of nitrogens with zero attached hydrogens (tertiary/aromatic N) is 6. The number of amides is 2. The molecule has 6 rings (SSSR count). The Morgan fingerprint density at radius 1 is 0.765 bits per heavy atom. The molecule has 6 aromatic rings. The van der Waals surface area contributed by atoms with Gasteiger partial charge in [0.15, 0.2) is 31.9 Å². The monoisotopic (exact) mass is 770 g/mol. The molecule has 0 saturated carbocycles. The third-order valence-corrected chi connectivity index (χ3v) is 10.4. The molecule has 20 heteroatoms. The average Bonchev–Trinajstić information content (AvgIpc) is 3.66. The summed E-state index contributed by atoms with van der Waals surface area (Å²) in [5, 5.41) is 3.77. The Labute approximate surface area is 305 Å². The normalized spacial score (nSPS) is 11.9. The van der Waals surface area contributed by atoms with Gasteiger partial charge in [-0.25, -0.2) is 28.7 Å². The van der Waals surface area contributed by atoms with Crippen molar-refractivity contribution in [2.45, 2.75) is 40.8 Å². The van der Waals surface area contributed by atoms with Gasteiger partial charge in [0.25, 0.3) is 0 Å². The second-order valence-corrected chi connectivity index (χ2v) is 14.6.